The first kappa shape index (κ1) is 29.2. The van der Waals surface area contributed by atoms with Crippen LogP contribution in [0.4, 0.5) is 0 Å². The van der Waals surface area contributed by atoms with Crippen molar-refractivity contribution in [3.8, 4) is 22.3 Å². The summed E-state index contributed by atoms with van der Waals surface area (Å²) < 4.78 is 0. The van der Waals surface area contributed by atoms with Gasteiger partial charge in [-0.25, -0.2) is 4.99 Å². The van der Waals surface area contributed by atoms with Crippen LogP contribution in [0.1, 0.15) is 34.7 Å². The summed E-state index contributed by atoms with van der Waals surface area (Å²) >= 11 is 0. The number of nitrogens with zero attached hydrogens (tertiary/aromatic N) is 2. The lowest BCUT2D eigenvalue weighted by molar-refractivity contribution is 1.06. The van der Waals surface area contributed by atoms with Crippen molar-refractivity contribution in [2.75, 3.05) is 0 Å². The van der Waals surface area contributed by atoms with Gasteiger partial charge in [0.05, 0.1) is 6.54 Å². The lowest BCUT2D eigenvalue weighted by Crippen LogP contribution is -1.97. The Labute approximate surface area is 255 Å². The smallest absolute Gasteiger partial charge is 0.154 e. The second kappa shape index (κ2) is 14.0. The summed E-state index contributed by atoms with van der Waals surface area (Å²) in [5, 5.41) is 0. The van der Waals surface area contributed by atoms with Gasteiger partial charge in [-0.05, 0) is 94.4 Å². The average molecular weight is 557 g/mol. The van der Waals surface area contributed by atoms with E-state index in [9.17, 15) is 0 Å². The van der Waals surface area contributed by atoms with E-state index in [1.54, 1.807) is 0 Å². The van der Waals surface area contributed by atoms with E-state index in [4.69, 9.17) is 0 Å². The Morgan fingerprint density at radius 3 is 2.05 bits per heavy atom. The zero-order valence-electron chi connectivity index (χ0n) is 24.9. The first-order valence-electron chi connectivity index (χ1n) is 14.5. The number of hydrogen-bond acceptors (Lipinski definition) is 1. The second-order valence-electron chi connectivity index (χ2n) is 10.6. The largest absolute Gasteiger partial charge is 0.261 e. The normalized spacial score (nSPS) is 12.0. The van der Waals surface area contributed by atoms with E-state index < -0.39 is 0 Å². The Hall–Kier alpha value is -5.34. The first-order valence-corrected chi connectivity index (χ1v) is 14.5. The SMILES string of the molecule is C=N/C(=N\Cc1cccc(C(=C)/C=C\C=C(/C)c2cc(-c3cccc(-c4ccccc4)c3)ccc2C)c1)c1ccccc1. The number of allylic oxidation sites excluding steroid dienone is 5. The van der Waals surface area contributed by atoms with E-state index in [1.807, 2.05) is 36.4 Å². The van der Waals surface area contributed by atoms with Crippen molar-refractivity contribution in [1.82, 2.24) is 0 Å². The van der Waals surface area contributed by atoms with Gasteiger partial charge in [-0.1, -0.05) is 134 Å². The van der Waals surface area contributed by atoms with Crippen LogP contribution in [-0.2, 0) is 6.54 Å². The molecular formula is C41H36N2. The molecule has 0 amide bonds. The maximum atomic E-state index is 4.69. The predicted octanol–water partition coefficient (Wildman–Crippen LogP) is 10.6. The molecule has 0 aliphatic carbocycles. The Kier molecular flexibility index (Phi) is 9.51. The van der Waals surface area contributed by atoms with E-state index >= 15 is 0 Å². The minimum Gasteiger partial charge on any atom is -0.261 e. The minimum atomic E-state index is 0.525. The van der Waals surface area contributed by atoms with Crippen molar-refractivity contribution < 1.29 is 0 Å². The molecule has 5 rings (SSSR count). The molecule has 2 heteroatoms. The van der Waals surface area contributed by atoms with Crippen LogP contribution < -0.4 is 0 Å². The van der Waals surface area contributed by atoms with Crippen LogP contribution in [0.5, 0.6) is 0 Å². The number of aliphatic imine (C=N–C) groups is 2. The molecule has 0 fully saturated rings. The quantitative estimate of drug-likeness (QED) is 0.0980. The van der Waals surface area contributed by atoms with Crippen molar-refractivity contribution in [3.05, 3.63) is 180 Å². The molecule has 0 spiro atoms. The Morgan fingerprint density at radius 2 is 1.30 bits per heavy atom. The lowest BCUT2D eigenvalue weighted by atomic mass is 9.94. The highest BCUT2D eigenvalue weighted by Crippen LogP contribution is 2.30. The summed E-state index contributed by atoms with van der Waals surface area (Å²) in [6, 6.07) is 44.2. The fraction of sp³-hybridized carbons (Fsp3) is 0.0732. The summed E-state index contributed by atoms with van der Waals surface area (Å²) in [6.45, 7) is 12.9. The molecule has 0 aromatic heterocycles. The van der Waals surface area contributed by atoms with Crippen molar-refractivity contribution in [3.63, 3.8) is 0 Å². The Bertz CT molecular complexity index is 1820. The molecule has 5 aromatic rings. The third-order valence-corrected chi connectivity index (χ3v) is 7.50. The lowest BCUT2D eigenvalue weighted by Gasteiger charge is -2.11. The van der Waals surface area contributed by atoms with Gasteiger partial charge in [0.1, 0.15) is 0 Å². The van der Waals surface area contributed by atoms with Gasteiger partial charge in [-0.2, -0.15) is 0 Å². The monoisotopic (exact) mass is 556 g/mol. The summed E-state index contributed by atoms with van der Waals surface area (Å²) in [5.41, 5.74) is 12.6. The standard InChI is InChI=1S/C41H36N2/c1-30(36-21-12-16-33(26-36)29-43-41(42-4)35-19-9-6-10-20-35)14-11-15-31(2)40-28-39(25-24-32(40)3)38-23-13-22-37(27-38)34-17-7-5-8-18-34/h5-28H,1,4,29H2,2-3H3/b14-11-,31-15+,43-41-. The van der Waals surface area contributed by atoms with Gasteiger partial charge in [0.2, 0.25) is 0 Å². The van der Waals surface area contributed by atoms with Crippen LogP contribution in [-0.4, -0.2) is 12.6 Å². The van der Waals surface area contributed by atoms with Crippen molar-refractivity contribution >= 4 is 23.7 Å². The maximum Gasteiger partial charge on any atom is 0.154 e. The third-order valence-electron chi connectivity index (χ3n) is 7.50. The maximum absolute atomic E-state index is 4.69. The highest BCUT2D eigenvalue weighted by molar-refractivity contribution is 6.01. The molecule has 43 heavy (non-hydrogen) atoms. The van der Waals surface area contributed by atoms with Crippen LogP contribution in [0, 0.1) is 6.92 Å². The van der Waals surface area contributed by atoms with Crippen LogP contribution >= 0.6 is 0 Å². The van der Waals surface area contributed by atoms with E-state index in [0.29, 0.717) is 12.4 Å². The predicted molar refractivity (Wildman–Crippen MR) is 187 cm³/mol. The molecule has 0 unspecified atom stereocenters. The molecule has 0 bridgehead atoms. The molecule has 0 saturated carbocycles. The fourth-order valence-electron chi connectivity index (χ4n) is 5.09. The Balaban J connectivity index is 1.30. The summed E-state index contributed by atoms with van der Waals surface area (Å²) in [5.74, 6) is 0.647. The van der Waals surface area contributed by atoms with Crippen molar-refractivity contribution in [2.24, 2.45) is 9.98 Å². The first-order chi connectivity index (χ1) is 21.0. The molecule has 0 aliphatic rings. The van der Waals surface area contributed by atoms with E-state index in [2.05, 4.69) is 146 Å². The number of benzene rings is 5. The number of rotatable bonds is 9. The topological polar surface area (TPSA) is 24.7 Å². The number of aryl methyl sites for hydroxylation is 1. The molecule has 0 N–H and O–H groups in total. The zero-order chi connectivity index (χ0) is 30.0. The molecule has 210 valence electrons. The zero-order valence-corrected chi connectivity index (χ0v) is 24.9. The van der Waals surface area contributed by atoms with E-state index in [-0.39, 0.29) is 0 Å². The van der Waals surface area contributed by atoms with Crippen molar-refractivity contribution in [2.45, 2.75) is 20.4 Å². The summed E-state index contributed by atoms with van der Waals surface area (Å²) in [7, 11) is 0. The fourth-order valence-corrected chi connectivity index (χ4v) is 5.09. The minimum absolute atomic E-state index is 0.525. The van der Waals surface area contributed by atoms with Gasteiger partial charge in [0, 0.05) is 5.56 Å². The highest BCUT2D eigenvalue weighted by atomic mass is 14.9. The third kappa shape index (κ3) is 7.49. The van der Waals surface area contributed by atoms with Gasteiger partial charge in [0.15, 0.2) is 5.84 Å². The number of hydrogen-bond donors (Lipinski definition) is 0. The molecule has 2 nitrogen and oxygen atoms in total. The summed E-state index contributed by atoms with van der Waals surface area (Å²) in [6.07, 6.45) is 6.31. The van der Waals surface area contributed by atoms with Crippen LogP contribution in [0.3, 0.4) is 0 Å². The summed E-state index contributed by atoms with van der Waals surface area (Å²) in [4.78, 5) is 8.81. The van der Waals surface area contributed by atoms with E-state index in [1.165, 1.54) is 39.0 Å². The molecule has 0 radical (unpaired) electrons. The molecule has 0 heterocycles. The highest BCUT2D eigenvalue weighted by Gasteiger charge is 2.07. The number of amidine groups is 1. The molecule has 0 saturated heterocycles. The van der Waals surface area contributed by atoms with Crippen LogP contribution in [0.25, 0.3) is 33.4 Å². The van der Waals surface area contributed by atoms with Gasteiger partial charge in [-0.3, -0.25) is 4.99 Å². The average Bonchev–Trinajstić information content (AvgIpc) is 3.06. The van der Waals surface area contributed by atoms with Crippen LogP contribution in [0.15, 0.2) is 162 Å². The van der Waals surface area contributed by atoms with Crippen molar-refractivity contribution in [1.29, 1.82) is 0 Å². The molecule has 0 aliphatic heterocycles. The van der Waals surface area contributed by atoms with Gasteiger partial charge < -0.3 is 0 Å². The molecule has 0 atom stereocenters. The molecular weight excluding hydrogens is 520 g/mol. The van der Waals surface area contributed by atoms with Gasteiger partial charge in [0.25, 0.3) is 0 Å². The second-order valence-corrected chi connectivity index (χ2v) is 10.6. The van der Waals surface area contributed by atoms with Crippen LogP contribution in [0.2, 0.25) is 0 Å². The van der Waals surface area contributed by atoms with Gasteiger partial charge >= 0.3 is 0 Å². The van der Waals surface area contributed by atoms with E-state index in [0.717, 1.165) is 22.3 Å². The van der Waals surface area contributed by atoms with Gasteiger partial charge in [-0.15, -0.1) is 0 Å². The Morgan fingerprint density at radius 1 is 0.674 bits per heavy atom. The molecule has 5 aromatic carbocycles.